The number of halogens is 1. The maximum atomic E-state index is 13.7. The highest BCUT2D eigenvalue weighted by atomic mass is 32.1. The number of aromatic nitrogens is 3. The van der Waals surface area contributed by atoms with Crippen LogP contribution < -0.4 is 4.90 Å². The third-order valence-corrected chi connectivity index (χ3v) is 7.74. The van der Waals surface area contributed by atoms with E-state index in [1.165, 1.54) is 21.3 Å². The van der Waals surface area contributed by atoms with E-state index < -0.39 is 0 Å². The van der Waals surface area contributed by atoms with E-state index in [1.54, 1.807) is 13.0 Å². The number of rotatable bonds is 5. The lowest BCUT2D eigenvalue weighted by molar-refractivity contribution is 0.0346. The van der Waals surface area contributed by atoms with E-state index >= 15 is 0 Å². The van der Waals surface area contributed by atoms with E-state index in [0.29, 0.717) is 5.56 Å². The third-order valence-electron chi connectivity index (χ3n) is 6.61. The van der Waals surface area contributed by atoms with Gasteiger partial charge in [-0.05, 0) is 42.8 Å². The molecule has 1 aromatic carbocycles. The Labute approximate surface area is 207 Å². The maximum absolute atomic E-state index is 13.7. The number of ether oxygens (including phenoxy) is 2. The molecular weight excluding hydrogens is 465 g/mol. The summed E-state index contributed by atoms with van der Waals surface area (Å²) in [5, 5.41) is 4.78. The Hall–Kier alpha value is -2.85. The van der Waals surface area contributed by atoms with Gasteiger partial charge in [-0.2, -0.15) is 5.10 Å². The molecule has 0 amide bonds. The van der Waals surface area contributed by atoms with Crippen LogP contribution in [-0.2, 0) is 16.0 Å². The van der Waals surface area contributed by atoms with Crippen molar-refractivity contribution in [2.24, 2.45) is 0 Å². The highest BCUT2D eigenvalue weighted by Gasteiger charge is 2.20. The van der Waals surface area contributed by atoms with Crippen molar-refractivity contribution in [1.82, 2.24) is 19.7 Å². The van der Waals surface area contributed by atoms with Crippen molar-refractivity contribution in [3.8, 4) is 17.1 Å². The maximum Gasteiger partial charge on any atom is 0.156 e. The van der Waals surface area contributed by atoms with E-state index in [2.05, 4.69) is 21.9 Å². The SMILES string of the molecule is Cc1cc(-c2ccn(-c3cc(N4CCOCC4)c4sc(CN5CCOCC5)cc4n3)n2)ccc1F. The summed E-state index contributed by atoms with van der Waals surface area (Å²) in [5.41, 5.74) is 4.46. The van der Waals surface area contributed by atoms with Gasteiger partial charge in [0.05, 0.1) is 48.0 Å². The first-order chi connectivity index (χ1) is 17.1. The van der Waals surface area contributed by atoms with Crippen molar-refractivity contribution in [2.45, 2.75) is 13.5 Å². The van der Waals surface area contributed by atoms with Gasteiger partial charge in [-0.1, -0.05) is 0 Å². The van der Waals surface area contributed by atoms with Gasteiger partial charge in [0.2, 0.25) is 0 Å². The smallest absolute Gasteiger partial charge is 0.156 e. The van der Waals surface area contributed by atoms with Crippen LogP contribution in [0.5, 0.6) is 0 Å². The van der Waals surface area contributed by atoms with Crippen LogP contribution in [-0.4, -0.2) is 72.3 Å². The Morgan fingerprint density at radius 3 is 2.51 bits per heavy atom. The summed E-state index contributed by atoms with van der Waals surface area (Å²) in [6.07, 6.45) is 1.92. The molecule has 2 aliphatic rings. The first kappa shape index (κ1) is 22.6. The van der Waals surface area contributed by atoms with Crippen LogP contribution in [0.15, 0.2) is 42.6 Å². The largest absolute Gasteiger partial charge is 0.379 e. The zero-order valence-corrected chi connectivity index (χ0v) is 20.6. The van der Waals surface area contributed by atoms with Gasteiger partial charge >= 0.3 is 0 Å². The highest BCUT2D eigenvalue weighted by molar-refractivity contribution is 7.19. The Kier molecular flexibility index (Phi) is 6.24. The van der Waals surface area contributed by atoms with Gasteiger partial charge in [0, 0.05) is 55.4 Å². The zero-order valence-electron chi connectivity index (χ0n) is 19.7. The lowest BCUT2D eigenvalue weighted by Gasteiger charge is -2.29. The molecule has 0 N–H and O–H groups in total. The first-order valence-electron chi connectivity index (χ1n) is 12.0. The molecule has 0 unspecified atom stereocenters. The van der Waals surface area contributed by atoms with E-state index in [0.717, 1.165) is 81.7 Å². The van der Waals surface area contributed by atoms with Crippen molar-refractivity contribution in [3.05, 3.63) is 58.9 Å². The summed E-state index contributed by atoms with van der Waals surface area (Å²) in [6.45, 7) is 9.35. The zero-order chi connectivity index (χ0) is 23.8. The molecule has 0 radical (unpaired) electrons. The second kappa shape index (κ2) is 9.66. The number of morpholine rings is 2. The van der Waals surface area contributed by atoms with Gasteiger partial charge in [-0.25, -0.2) is 14.1 Å². The van der Waals surface area contributed by atoms with Crippen molar-refractivity contribution >= 4 is 27.2 Å². The number of pyridine rings is 1. The second-order valence-electron chi connectivity index (χ2n) is 9.02. The molecule has 182 valence electrons. The molecule has 5 heterocycles. The molecule has 0 atom stereocenters. The van der Waals surface area contributed by atoms with Crippen LogP contribution in [0.1, 0.15) is 10.4 Å². The average molecular weight is 494 g/mol. The monoisotopic (exact) mass is 493 g/mol. The molecule has 0 bridgehead atoms. The highest BCUT2D eigenvalue weighted by Crippen LogP contribution is 2.36. The number of benzene rings is 1. The van der Waals surface area contributed by atoms with Gasteiger partial charge in [-0.3, -0.25) is 4.90 Å². The first-order valence-corrected chi connectivity index (χ1v) is 12.8. The minimum Gasteiger partial charge on any atom is -0.379 e. The molecule has 3 aromatic heterocycles. The number of aryl methyl sites for hydroxylation is 1. The molecule has 2 saturated heterocycles. The molecule has 9 heteroatoms. The summed E-state index contributed by atoms with van der Waals surface area (Å²) < 4.78 is 27.9. The normalized spacial score (nSPS) is 17.4. The van der Waals surface area contributed by atoms with Gasteiger partial charge in [-0.15, -0.1) is 11.3 Å². The van der Waals surface area contributed by atoms with Crippen molar-refractivity contribution < 1.29 is 13.9 Å². The standard InChI is InChI=1S/C26H28FN5O2S/c1-18-14-19(2-3-21(18)27)22-4-5-32(29-22)25-16-24(31-8-12-34-13-9-31)26-23(28-25)15-20(35-26)17-30-6-10-33-11-7-30/h2-5,14-16H,6-13,17H2,1H3. The van der Waals surface area contributed by atoms with Gasteiger partial charge in [0.1, 0.15) is 5.82 Å². The Morgan fingerprint density at radius 1 is 0.971 bits per heavy atom. The minimum atomic E-state index is -0.208. The summed E-state index contributed by atoms with van der Waals surface area (Å²) in [4.78, 5) is 11.1. The Balaban J connectivity index is 1.38. The minimum absolute atomic E-state index is 0.208. The lowest BCUT2D eigenvalue weighted by atomic mass is 10.1. The number of hydrogen-bond donors (Lipinski definition) is 0. The van der Waals surface area contributed by atoms with Gasteiger partial charge < -0.3 is 14.4 Å². The lowest BCUT2D eigenvalue weighted by Crippen LogP contribution is -2.36. The summed E-state index contributed by atoms with van der Waals surface area (Å²) in [7, 11) is 0. The molecule has 6 rings (SSSR count). The number of anilines is 1. The van der Waals surface area contributed by atoms with Crippen LogP contribution in [0, 0.1) is 12.7 Å². The average Bonchev–Trinajstić information content (AvgIpc) is 3.53. The van der Waals surface area contributed by atoms with Crippen molar-refractivity contribution in [3.63, 3.8) is 0 Å². The predicted molar refractivity (Wildman–Crippen MR) is 136 cm³/mol. The van der Waals surface area contributed by atoms with Crippen LogP contribution in [0.4, 0.5) is 10.1 Å². The number of hydrogen-bond acceptors (Lipinski definition) is 7. The second-order valence-corrected chi connectivity index (χ2v) is 10.2. The quantitative estimate of drug-likeness (QED) is 0.414. The van der Waals surface area contributed by atoms with Crippen molar-refractivity contribution in [1.29, 1.82) is 0 Å². The predicted octanol–water partition coefficient (Wildman–Crippen LogP) is 4.27. The summed E-state index contributed by atoms with van der Waals surface area (Å²) in [6, 6.07) is 11.4. The molecule has 0 saturated carbocycles. The number of nitrogens with zero attached hydrogens (tertiary/aromatic N) is 5. The van der Waals surface area contributed by atoms with E-state index in [-0.39, 0.29) is 5.82 Å². The fourth-order valence-electron chi connectivity index (χ4n) is 4.66. The molecule has 2 fully saturated rings. The third kappa shape index (κ3) is 4.69. The molecule has 2 aliphatic heterocycles. The molecule has 7 nitrogen and oxygen atoms in total. The fourth-order valence-corrected chi connectivity index (χ4v) is 5.85. The molecule has 0 spiro atoms. The summed E-state index contributed by atoms with van der Waals surface area (Å²) >= 11 is 1.83. The Bertz CT molecular complexity index is 1340. The molecule has 35 heavy (non-hydrogen) atoms. The van der Waals surface area contributed by atoms with Crippen LogP contribution in [0.3, 0.4) is 0 Å². The Morgan fingerprint density at radius 2 is 1.74 bits per heavy atom. The number of fused-ring (bicyclic) bond motifs is 1. The molecular formula is C26H28FN5O2S. The molecule has 4 aromatic rings. The van der Waals surface area contributed by atoms with Crippen LogP contribution >= 0.6 is 11.3 Å². The van der Waals surface area contributed by atoms with Crippen molar-refractivity contribution in [2.75, 3.05) is 57.5 Å². The van der Waals surface area contributed by atoms with Gasteiger partial charge in [0.15, 0.2) is 5.82 Å². The summed E-state index contributed by atoms with van der Waals surface area (Å²) in [5.74, 6) is 0.570. The topological polar surface area (TPSA) is 55.7 Å². The van der Waals surface area contributed by atoms with Crippen LogP contribution in [0.2, 0.25) is 0 Å². The van der Waals surface area contributed by atoms with Crippen LogP contribution in [0.25, 0.3) is 27.3 Å². The van der Waals surface area contributed by atoms with E-state index in [4.69, 9.17) is 19.6 Å². The fraction of sp³-hybridized carbons (Fsp3) is 0.385. The van der Waals surface area contributed by atoms with Gasteiger partial charge in [0.25, 0.3) is 0 Å². The molecule has 0 aliphatic carbocycles. The van der Waals surface area contributed by atoms with E-state index in [9.17, 15) is 4.39 Å². The van der Waals surface area contributed by atoms with E-state index in [1.807, 2.05) is 34.3 Å². The number of thiophene rings is 1.